The van der Waals surface area contributed by atoms with Crippen molar-refractivity contribution in [3.63, 3.8) is 0 Å². The molecule has 22 heavy (non-hydrogen) atoms. The summed E-state index contributed by atoms with van der Waals surface area (Å²) in [7, 11) is 1.64. The van der Waals surface area contributed by atoms with Crippen LogP contribution in [0.4, 0.5) is 0 Å². The first-order valence-corrected chi connectivity index (χ1v) is 7.56. The lowest BCUT2D eigenvalue weighted by atomic mass is 10.2. The van der Waals surface area contributed by atoms with Crippen LogP contribution < -0.4 is 10.9 Å². The molecule has 2 rings (SSSR count). The molecule has 0 unspecified atom stereocenters. The molecule has 1 aromatic carbocycles. The maximum Gasteiger partial charge on any atom is 0.258 e. The van der Waals surface area contributed by atoms with Crippen LogP contribution in [0.2, 0.25) is 0 Å². The van der Waals surface area contributed by atoms with E-state index in [0.29, 0.717) is 41.5 Å². The first-order chi connectivity index (χ1) is 10.7. The smallest absolute Gasteiger partial charge is 0.258 e. The quantitative estimate of drug-likeness (QED) is 0.617. The standard InChI is InChI=1S/C15H20N4O2S/c1-3-19(15(22)16-8-9-21-2)10-13-17-12-7-5-4-6-11(12)14(20)18-13/h4-7H,3,8-10H2,1-2H3,(H,16,22)(H,17,18,20). The van der Waals surface area contributed by atoms with E-state index in [1.54, 1.807) is 13.2 Å². The van der Waals surface area contributed by atoms with E-state index in [2.05, 4.69) is 15.3 Å². The van der Waals surface area contributed by atoms with Gasteiger partial charge in [0, 0.05) is 20.2 Å². The highest BCUT2D eigenvalue weighted by Crippen LogP contribution is 2.07. The third-order valence-electron chi connectivity index (χ3n) is 3.25. The molecule has 6 nitrogen and oxygen atoms in total. The molecule has 0 atom stereocenters. The SMILES string of the molecule is CCN(Cc1nc2ccccc2c(=O)[nH]1)C(=S)NCCOC. The van der Waals surface area contributed by atoms with Crippen molar-refractivity contribution in [1.82, 2.24) is 20.2 Å². The molecular weight excluding hydrogens is 300 g/mol. The van der Waals surface area contributed by atoms with Crippen molar-refractivity contribution >= 4 is 28.2 Å². The summed E-state index contributed by atoms with van der Waals surface area (Å²) >= 11 is 5.36. The minimum absolute atomic E-state index is 0.130. The number of benzene rings is 1. The third kappa shape index (κ3) is 4.02. The Morgan fingerprint density at radius 2 is 2.23 bits per heavy atom. The summed E-state index contributed by atoms with van der Waals surface area (Å²) in [6.45, 7) is 4.41. The maximum absolute atomic E-state index is 12.1. The molecule has 0 aliphatic rings. The largest absolute Gasteiger partial charge is 0.383 e. The van der Waals surface area contributed by atoms with Gasteiger partial charge in [0.25, 0.3) is 5.56 Å². The van der Waals surface area contributed by atoms with E-state index in [-0.39, 0.29) is 5.56 Å². The number of ether oxygens (including phenoxy) is 1. The Morgan fingerprint density at radius 1 is 1.45 bits per heavy atom. The molecule has 0 radical (unpaired) electrons. The number of aromatic amines is 1. The van der Waals surface area contributed by atoms with Gasteiger partial charge in [0.15, 0.2) is 5.11 Å². The molecule has 0 bridgehead atoms. The second-order valence-electron chi connectivity index (χ2n) is 4.77. The predicted octanol–water partition coefficient (Wildman–Crippen LogP) is 1.27. The van der Waals surface area contributed by atoms with Crippen molar-refractivity contribution in [3.8, 4) is 0 Å². The van der Waals surface area contributed by atoms with Gasteiger partial charge in [0.1, 0.15) is 5.82 Å². The average molecular weight is 320 g/mol. The third-order valence-corrected chi connectivity index (χ3v) is 3.66. The van der Waals surface area contributed by atoms with Gasteiger partial charge in [-0.2, -0.15) is 0 Å². The Kier molecular flexibility index (Phi) is 5.85. The Hall–Kier alpha value is -1.99. The second-order valence-corrected chi connectivity index (χ2v) is 5.16. The van der Waals surface area contributed by atoms with Crippen molar-refractivity contribution in [2.45, 2.75) is 13.5 Å². The molecule has 0 aliphatic heterocycles. The van der Waals surface area contributed by atoms with Crippen LogP contribution in [0.5, 0.6) is 0 Å². The zero-order valence-electron chi connectivity index (χ0n) is 12.8. The normalized spacial score (nSPS) is 10.6. The van der Waals surface area contributed by atoms with Gasteiger partial charge in [0.2, 0.25) is 0 Å². The van der Waals surface area contributed by atoms with Gasteiger partial charge in [-0.25, -0.2) is 4.98 Å². The van der Waals surface area contributed by atoms with Crippen molar-refractivity contribution in [3.05, 3.63) is 40.4 Å². The molecule has 0 aliphatic carbocycles. The van der Waals surface area contributed by atoms with Crippen LogP contribution in [-0.4, -0.2) is 46.8 Å². The van der Waals surface area contributed by atoms with E-state index in [0.717, 1.165) is 6.54 Å². The molecule has 1 heterocycles. The number of methoxy groups -OCH3 is 1. The summed E-state index contributed by atoms with van der Waals surface area (Å²) < 4.78 is 4.99. The minimum Gasteiger partial charge on any atom is -0.383 e. The van der Waals surface area contributed by atoms with Crippen LogP contribution in [0.15, 0.2) is 29.1 Å². The molecule has 1 aromatic heterocycles. The number of thiocarbonyl (C=S) groups is 1. The lowest BCUT2D eigenvalue weighted by Gasteiger charge is -2.23. The van der Waals surface area contributed by atoms with Gasteiger partial charge in [0.05, 0.1) is 24.1 Å². The highest BCUT2D eigenvalue weighted by Gasteiger charge is 2.10. The number of fused-ring (bicyclic) bond motifs is 1. The van der Waals surface area contributed by atoms with Crippen LogP contribution in [0.3, 0.4) is 0 Å². The summed E-state index contributed by atoms with van der Waals surface area (Å²) in [6, 6.07) is 7.29. The Morgan fingerprint density at radius 3 is 2.95 bits per heavy atom. The highest BCUT2D eigenvalue weighted by molar-refractivity contribution is 7.80. The van der Waals surface area contributed by atoms with Crippen LogP contribution in [0.1, 0.15) is 12.7 Å². The van der Waals surface area contributed by atoms with Crippen LogP contribution >= 0.6 is 12.2 Å². The molecule has 0 saturated heterocycles. The molecule has 0 saturated carbocycles. The van der Waals surface area contributed by atoms with E-state index in [9.17, 15) is 4.79 Å². The van der Waals surface area contributed by atoms with Gasteiger partial charge in [-0.1, -0.05) is 12.1 Å². The van der Waals surface area contributed by atoms with Crippen LogP contribution in [0, 0.1) is 0 Å². The molecule has 2 aromatic rings. The molecule has 7 heteroatoms. The number of para-hydroxylation sites is 1. The summed E-state index contributed by atoms with van der Waals surface area (Å²) in [5.74, 6) is 0.599. The summed E-state index contributed by atoms with van der Waals surface area (Å²) in [5, 5.41) is 4.33. The fourth-order valence-corrected chi connectivity index (χ4v) is 2.39. The summed E-state index contributed by atoms with van der Waals surface area (Å²) in [6.07, 6.45) is 0. The Labute approximate surface area is 134 Å². The minimum atomic E-state index is -0.130. The molecule has 0 spiro atoms. The van der Waals surface area contributed by atoms with Gasteiger partial charge in [-0.05, 0) is 31.3 Å². The molecule has 0 amide bonds. The molecule has 2 N–H and O–H groups in total. The molecule has 118 valence electrons. The van der Waals surface area contributed by atoms with Crippen molar-refractivity contribution in [1.29, 1.82) is 0 Å². The second kappa shape index (κ2) is 7.86. The first kappa shape index (κ1) is 16.4. The zero-order valence-corrected chi connectivity index (χ0v) is 13.6. The van der Waals surface area contributed by atoms with Gasteiger partial charge >= 0.3 is 0 Å². The monoisotopic (exact) mass is 320 g/mol. The first-order valence-electron chi connectivity index (χ1n) is 7.15. The number of hydrogen-bond acceptors (Lipinski definition) is 4. The van der Waals surface area contributed by atoms with Crippen molar-refractivity contribution in [2.24, 2.45) is 0 Å². The van der Waals surface area contributed by atoms with E-state index in [4.69, 9.17) is 17.0 Å². The van der Waals surface area contributed by atoms with Gasteiger partial charge in [-0.15, -0.1) is 0 Å². The van der Waals surface area contributed by atoms with Crippen LogP contribution in [-0.2, 0) is 11.3 Å². The van der Waals surface area contributed by atoms with Gasteiger partial charge in [-0.3, -0.25) is 4.79 Å². The van der Waals surface area contributed by atoms with Gasteiger partial charge < -0.3 is 19.9 Å². The zero-order chi connectivity index (χ0) is 15.9. The maximum atomic E-state index is 12.1. The number of aromatic nitrogens is 2. The summed E-state index contributed by atoms with van der Waals surface area (Å²) in [5.41, 5.74) is 0.561. The molecular formula is C15H20N4O2S. The van der Waals surface area contributed by atoms with E-state index in [1.165, 1.54) is 0 Å². The predicted molar refractivity (Wildman–Crippen MR) is 90.9 cm³/mol. The number of nitrogens with one attached hydrogen (secondary N) is 2. The molecule has 0 fully saturated rings. The fourth-order valence-electron chi connectivity index (χ4n) is 2.09. The van der Waals surface area contributed by atoms with Crippen LogP contribution in [0.25, 0.3) is 10.9 Å². The average Bonchev–Trinajstić information content (AvgIpc) is 2.52. The number of nitrogens with zero attached hydrogens (tertiary/aromatic N) is 2. The summed E-state index contributed by atoms with van der Waals surface area (Å²) in [4.78, 5) is 21.3. The van der Waals surface area contributed by atoms with E-state index < -0.39 is 0 Å². The highest BCUT2D eigenvalue weighted by atomic mass is 32.1. The van der Waals surface area contributed by atoms with E-state index >= 15 is 0 Å². The number of H-pyrrole nitrogens is 1. The number of hydrogen-bond donors (Lipinski definition) is 2. The topological polar surface area (TPSA) is 70.2 Å². The Bertz CT molecular complexity index is 701. The van der Waals surface area contributed by atoms with E-state index in [1.807, 2.05) is 30.0 Å². The Balaban J connectivity index is 2.14. The lowest BCUT2D eigenvalue weighted by molar-refractivity contribution is 0.203. The lowest BCUT2D eigenvalue weighted by Crippen LogP contribution is -2.41. The van der Waals surface area contributed by atoms with Crippen molar-refractivity contribution < 1.29 is 4.74 Å². The number of rotatable bonds is 6. The fraction of sp³-hybridized carbons (Fsp3) is 0.400. The van der Waals surface area contributed by atoms with Crippen molar-refractivity contribution in [2.75, 3.05) is 26.8 Å².